The van der Waals surface area contributed by atoms with Gasteiger partial charge in [-0.3, -0.25) is 10.1 Å². The maximum Gasteiger partial charge on any atom is 0.330 e. The molecule has 0 amide bonds. The van der Waals surface area contributed by atoms with Crippen molar-refractivity contribution < 1.29 is 67.8 Å². The number of carbonyl (C=O) groups excluding carboxylic acids is 3. The first-order valence-corrected chi connectivity index (χ1v) is 36.5. The quantitative estimate of drug-likeness (QED) is 0.00712. The van der Waals surface area contributed by atoms with Crippen LogP contribution in [-0.4, -0.2) is 91.7 Å². The Morgan fingerprint density at radius 1 is 0.520 bits per heavy atom. The van der Waals surface area contributed by atoms with Gasteiger partial charge in [0.05, 0.1) is 65.9 Å². The molecule has 1 N–H and O–H groups in total. The Kier molecular flexibility index (Phi) is 33.9. The molecule has 1 unspecified atom stereocenters. The molecule has 8 aromatic rings. The number of hydrogen-bond acceptors (Lipinski definition) is 22. The van der Waals surface area contributed by atoms with Crippen molar-refractivity contribution in [3.63, 3.8) is 0 Å². The van der Waals surface area contributed by atoms with Crippen molar-refractivity contribution >= 4 is 83.7 Å². The molecule has 0 fully saturated rings. The summed E-state index contributed by atoms with van der Waals surface area (Å²) in [7, 11) is 0. The van der Waals surface area contributed by atoms with Gasteiger partial charge in [-0.1, -0.05) is 149 Å². The summed E-state index contributed by atoms with van der Waals surface area (Å²) in [4.78, 5) is 74.5. The molecule has 0 aliphatic carbocycles. The molecule has 1 atom stereocenters. The van der Waals surface area contributed by atoms with Gasteiger partial charge in [0.25, 0.3) is 0 Å². The Morgan fingerprint density at radius 3 is 1.58 bits per heavy atom. The highest BCUT2D eigenvalue weighted by atomic mass is 32.1. The predicted molar refractivity (Wildman–Crippen MR) is 395 cm³/mol. The van der Waals surface area contributed by atoms with Gasteiger partial charge in [-0.2, -0.15) is 20.0 Å². The number of carbonyl (C=O) groups is 3. The molecule has 100 heavy (non-hydrogen) atoms. The standard InChI is InChI=1S/C78H94N6O14S2/c1-5-9-11-23-47-83(77-81-68-30-19-21-32-71(68)99-77)79-56-61-54-66(43-45-67(61)76(96-88)60-37-41-64(42-38-60)90-50-26-14-16-28-52-92-74(86)8-4)97-93-53-29-17-18-34-75(87)95-65-44-46-70(98-94-58-59-35-39-63(40-36-59)89-49-25-13-15-27-51-91-73(85)7-3)62(55-65)57-80-84(48-24-12-10-6-2)78-82-69-31-20-22-33-72(69)100-78/h7-8,19-22,30-33,35-46,54-57,76,88H,3-6,9-18,23-29,34,47-53,58H2,1-2H3/b79-56+,80-57+. The third-order valence-electron chi connectivity index (χ3n) is 16.0. The minimum absolute atomic E-state index is 0.144. The molecule has 20 nitrogen and oxygen atoms in total. The van der Waals surface area contributed by atoms with Gasteiger partial charge in [-0.15, -0.1) is 0 Å². The van der Waals surface area contributed by atoms with Crippen molar-refractivity contribution in [1.82, 2.24) is 9.97 Å². The molecule has 2 aromatic heterocycles. The number of fused-ring (bicyclic) bond motifs is 2. The van der Waals surface area contributed by atoms with Crippen molar-refractivity contribution in [1.29, 1.82) is 0 Å². The maximum atomic E-state index is 13.5. The molecule has 2 heterocycles. The zero-order chi connectivity index (χ0) is 70.2. The molecular formula is C78H94N6O14S2. The smallest absolute Gasteiger partial charge is 0.330 e. The Balaban J connectivity index is 0.872. The topological polar surface area (TPSA) is 221 Å². The lowest BCUT2D eigenvalue weighted by Gasteiger charge is -2.19. The molecule has 0 saturated carbocycles. The summed E-state index contributed by atoms with van der Waals surface area (Å²) in [6.07, 6.45) is 22.2. The minimum atomic E-state index is -0.903. The van der Waals surface area contributed by atoms with Gasteiger partial charge < -0.3 is 33.5 Å². The average molecular weight is 1400 g/mol. The zero-order valence-electron chi connectivity index (χ0n) is 57.6. The summed E-state index contributed by atoms with van der Waals surface area (Å²) in [6, 6.07) is 41.6. The number of esters is 3. The largest absolute Gasteiger partial charge is 0.494 e. The van der Waals surface area contributed by atoms with E-state index < -0.39 is 24.0 Å². The van der Waals surface area contributed by atoms with Gasteiger partial charge in [0.15, 0.2) is 11.5 Å². The Morgan fingerprint density at radius 2 is 1.02 bits per heavy atom. The number of thiazole rings is 2. The molecule has 532 valence electrons. The van der Waals surface area contributed by atoms with Crippen LogP contribution >= 0.6 is 22.7 Å². The van der Waals surface area contributed by atoms with Gasteiger partial charge in [-0.05, 0) is 173 Å². The Bertz CT molecular complexity index is 3760. The predicted octanol–water partition coefficient (Wildman–Crippen LogP) is 18.7. The van der Waals surface area contributed by atoms with Crippen molar-refractivity contribution in [2.75, 3.05) is 56.1 Å². The second-order valence-electron chi connectivity index (χ2n) is 23.8. The molecular weight excluding hydrogens is 1310 g/mol. The van der Waals surface area contributed by atoms with E-state index in [9.17, 15) is 19.6 Å². The van der Waals surface area contributed by atoms with Gasteiger partial charge in [0.1, 0.15) is 30.0 Å². The number of hydrazone groups is 2. The maximum absolute atomic E-state index is 13.5. The fourth-order valence-electron chi connectivity index (χ4n) is 10.4. The highest BCUT2D eigenvalue weighted by molar-refractivity contribution is 7.22. The van der Waals surface area contributed by atoms with Crippen molar-refractivity contribution in [2.24, 2.45) is 10.2 Å². The van der Waals surface area contributed by atoms with Gasteiger partial charge in [-0.25, -0.2) is 34.5 Å². The van der Waals surface area contributed by atoms with Crippen LogP contribution in [0.3, 0.4) is 0 Å². The van der Waals surface area contributed by atoms with E-state index in [4.69, 9.17) is 68.3 Å². The second-order valence-corrected chi connectivity index (χ2v) is 25.8. The number of rotatable bonds is 50. The van der Waals surface area contributed by atoms with E-state index >= 15 is 0 Å². The summed E-state index contributed by atoms with van der Waals surface area (Å²) in [6.45, 7) is 14.7. The fraction of sp³-hybridized carbons (Fsp3) is 0.397. The first kappa shape index (κ1) is 76.7. The minimum Gasteiger partial charge on any atom is -0.494 e. The number of benzene rings is 6. The number of ether oxygens (including phenoxy) is 5. The zero-order valence-corrected chi connectivity index (χ0v) is 59.2. The van der Waals surface area contributed by atoms with Crippen molar-refractivity contribution in [2.45, 2.75) is 155 Å². The van der Waals surface area contributed by atoms with E-state index in [2.05, 4.69) is 39.1 Å². The first-order chi connectivity index (χ1) is 49.1. The molecule has 8 rings (SSSR count). The average Bonchev–Trinajstić information content (AvgIpc) is 1.49. The normalized spacial score (nSPS) is 11.7. The number of anilines is 2. The summed E-state index contributed by atoms with van der Waals surface area (Å²) in [5.74, 6) is 1.32. The van der Waals surface area contributed by atoms with Crippen LogP contribution in [0.1, 0.15) is 176 Å². The van der Waals surface area contributed by atoms with Crippen LogP contribution in [0.2, 0.25) is 0 Å². The van der Waals surface area contributed by atoms with Crippen molar-refractivity contribution in [3.05, 3.63) is 187 Å². The SMILES string of the molecule is C=CC(=O)OCCCCCCOc1ccc(COOc2ccc(OC(=O)CCCCCOOc3ccc(C(OO)c4ccc(OCCCCCCOC(=O)C=C)cc4)c(/C=N/N(CCCCCC)c4nc5ccccc5s4)c3)cc2/C=N/N(CCCCCC)c2nc3ccccc3s2)cc1. The van der Waals surface area contributed by atoms with Crippen LogP contribution in [0, 0.1) is 0 Å². The van der Waals surface area contributed by atoms with Gasteiger partial charge in [0.2, 0.25) is 10.3 Å². The highest BCUT2D eigenvalue weighted by Gasteiger charge is 2.22. The van der Waals surface area contributed by atoms with Crippen LogP contribution in [0.5, 0.6) is 28.7 Å². The highest BCUT2D eigenvalue weighted by Crippen LogP contribution is 2.35. The van der Waals surface area contributed by atoms with E-state index in [1.807, 2.05) is 101 Å². The van der Waals surface area contributed by atoms with Crippen molar-refractivity contribution in [3.8, 4) is 28.7 Å². The van der Waals surface area contributed by atoms with E-state index in [0.29, 0.717) is 104 Å². The Hall–Kier alpha value is -9.03. The monoisotopic (exact) mass is 1400 g/mol. The summed E-state index contributed by atoms with van der Waals surface area (Å²) < 4.78 is 30.1. The molecule has 0 saturated heterocycles. The van der Waals surface area contributed by atoms with Crippen LogP contribution in [0.15, 0.2) is 169 Å². The van der Waals surface area contributed by atoms with Gasteiger partial charge >= 0.3 is 17.9 Å². The van der Waals surface area contributed by atoms with E-state index in [1.54, 1.807) is 65.4 Å². The number of para-hydroxylation sites is 2. The molecule has 0 aliphatic heterocycles. The molecule has 22 heteroatoms. The lowest BCUT2D eigenvalue weighted by molar-refractivity contribution is -0.270. The number of hydrogen-bond donors (Lipinski definition) is 1. The van der Waals surface area contributed by atoms with Gasteiger partial charge in [0, 0.05) is 42.8 Å². The number of aromatic nitrogens is 2. The van der Waals surface area contributed by atoms with E-state index in [1.165, 1.54) is 12.2 Å². The third-order valence-corrected chi connectivity index (χ3v) is 18.1. The van der Waals surface area contributed by atoms with Crippen LogP contribution in [0.25, 0.3) is 20.4 Å². The summed E-state index contributed by atoms with van der Waals surface area (Å²) in [5, 5.41) is 25.9. The summed E-state index contributed by atoms with van der Waals surface area (Å²) >= 11 is 3.15. The number of unbranched alkanes of at least 4 members (excludes halogenated alkanes) is 14. The van der Waals surface area contributed by atoms with Crippen LogP contribution < -0.4 is 34.0 Å². The lowest BCUT2D eigenvalue weighted by atomic mass is 9.97. The van der Waals surface area contributed by atoms with Crippen LogP contribution in [0.4, 0.5) is 10.3 Å². The third kappa shape index (κ3) is 26.6. The Labute approximate surface area is 594 Å². The fourth-order valence-corrected chi connectivity index (χ4v) is 12.3. The molecule has 0 aliphatic rings. The molecule has 0 spiro atoms. The van der Waals surface area contributed by atoms with Crippen LogP contribution in [-0.2, 0) is 45.1 Å². The second kappa shape index (κ2) is 44.2. The lowest BCUT2D eigenvalue weighted by Crippen LogP contribution is -2.18. The van der Waals surface area contributed by atoms with E-state index in [-0.39, 0.29) is 19.6 Å². The summed E-state index contributed by atoms with van der Waals surface area (Å²) in [5.41, 5.74) is 5.12. The van der Waals surface area contributed by atoms with E-state index in [0.717, 1.165) is 145 Å². The molecule has 0 bridgehead atoms. The number of nitrogens with zero attached hydrogens (tertiary/aromatic N) is 6. The first-order valence-electron chi connectivity index (χ1n) is 34.9. The molecule has 0 radical (unpaired) electrons. The molecule has 6 aromatic carbocycles.